The van der Waals surface area contributed by atoms with E-state index in [1.807, 2.05) is 0 Å². The Hall–Kier alpha value is -1.94. The summed E-state index contributed by atoms with van der Waals surface area (Å²) in [5.74, 6) is 0.684. The van der Waals surface area contributed by atoms with Gasteiger partial charge in [0, 0.05) is 12.4 Å². The highest BCUT2D eigenvalue weighted by Gasteiger charge is 2.08. The molecule has 0 spiro atoms. The highest BCUT2D eigenvalue weighted by molar-refractivity contribution is 5.33. The van der Waals surface area contributed by atoms with Crippen LogP contribution in [0.1, 0.15) is 11.1 Å². The molecule has 2 N–H and O–H groups in total. The van der Waals surface area contributed by atoms with Gasteiger partial charge in [0.25, 0.3) is 0 Å². The van der Waals surface area contributed by atoms with Crippen LogP contribution in [0.4, 0.5) is 5.82 Å². The minimum Gasteiger partial charge on any atom is -0.394 e. The van der Waals surface area contributed by atoms with Gasteiger partial charge in [-0.1, -0.05) is 29.8 Å². The summed E-state index contributed by atoms with van der Waals surface area (Å²) >= 11 is 0. The lowest BCUT2D eigenvalue weighted by Gasteiger charge is -2.16. The number of aryl methyl sites for hydroxylation is 1. The number of hydrogen-bond donors (Lipinski definition) is 2. The zero-order valence-electron chi connectivity index (χ0n) is 10.4. The molecule has 1 aromatic heterocycles. The van der Waals surface area contributed by atoms with Gasteiger partial charge in [0.15, 0.2) is 0 Å². The van der Waals surface area contributed by atoms with Gasteiger partial charge >= 0.3 is 0 Å². The molecule has 0 radical (unpaired) electrons. The van der Waals surface area contributed by atoms with Crippen LogP contribution < -0.4 is 5.32 Å². The largest absolute Gasteiger partial charge is 0.394 e. The molecule has 4 nitrogen and oxygen atoms in total. The first kappa shape index (κ1) is 12.5. The number of anilines is 1. The number of nitrogens with zero attached hydrogens (tertiary/aromatic N) is 2. The predicted octanol–water partition coefficient (Wildman–Crippen LogP) is 1.80. The zero-order chi connectivity index (χ0) is 12.8. The fourth-order valence-corrected chi connectivity index (χ4v) is 1.75. The van der Waals surface area contributed by atoms with Crippen molar-refractivity contribution in [1.82, 2.24) is 9.97 Å². The maximum Gasteiger partial charge on any atom is 0.144 e. The summed E-state index contributed by atoms with van der Waals surface area (Å²) in [6, 6.07) is 8.26. The molecule has 0 aliphatic heterocycles. The van der Waals surface area contributed by atoms with Gasteiger partial charge in [0.05, 0.1) is 18.8 Å². The zero-order valence-corrected chi connectivity index (χ0v) is 10.4. The quantitative estimate of drug-likeness (QED) is 0.840. The van der Waals surface area contributed by atoms with E-state index in [4.69, 9.17) is 0 Å². The van der Waals surface area contributed by atoms with E-state index in [0.717, 1.165) is 6.42 Å². The van der Waals surface area contributed by atoms with E-state index in [1.165, 1.54) is 11.1 Å². The second-order valence-corrected chi connectivity index (χ2v) is 4.30. The van der Waals surface area contributed by atoms with Gasteiger partial charge in [-0.05, 0) is 18.9 Å². The molecule has 4 heteroatoms. The first-order valence-corrected chi connectivity index (χ1v) is 5.97. The summed E-state index contributed by atoms with van der Waals surface area (Å²) in [6.07, 6.45) is 5.66. The molecule has 0 fully saturated rings. The van der Waals surface area contributed by atoms with Crippen LogP contribution in [0, 0.1) is 6.92 Å². The Bertz CT molecular complexity index is 470. The highest BCUT2D eigenvalue weighted by atomic mass is 16.3. The van der Waals surface area contributed by atoms with Gasteiger partial charge in [-0.2, -0.15) is 0 Å². The number of aliphatic hydroxyl groups is 1. The van der Waals surface area contributed by atoms with E-state index in [-0.39, 0.29) is 12.6 Å². The molecule has 1 aromatic carbocycles. The third kappa shape index (κ3) is 3.53. The van der Waals surface area contributed by atoms with E-state index < -0.39 is 0 Å². The minimum absolute atomic E-state index is 0.0515. The van der Waals surface area contributed by atoms with Crippen LogP contribution in [0.5, 0.6) is 0 Å². The number of nitrogens with one attached hydrogen (secondary N) is 1. The molecular weight excluding hydrogens is 226 g/mol. The second-order valence-electron chi connectivity index (χ2n) is 4.30. The third-order valence-electron chi connectivity index (χ3n) is 2.74. The van der Waals surface area contributed by atoms with Crippen LogP contribution in [0.15, 0.2) is 42.9 Å². The summed E-state index contributed by atoms with van der Waals surface area (Å²) in [7, 11) is 0. The molecule has 2 rings (SSSR count). The maximum atomic E-state index is 9.39. The van der Waals surface area contributed by atoms with E-state index >= 15 is 0 Å². The third-order valence-corrected chi connectivity index (χ3v) is 2.74. The van der Waals surface area contributed by atoms with Crippen molar-refractivity contribution in [2.45, 2.75) is 19.4 Å². The van der Waals surface area contributed by atoms with Crippen molar-refractivity contribution in [2.75, 3.05) is 11.9 Å². The van der Waals surface area contributed by atoms with Crippen LogP contribution in [0.25, 0.3) is 0 Å². The molecule has 0 aliphatic rings. The molecule has 0 saturated heterocycles. The first-order chi connectivity index (χ1) is 8.78. The molecule has 2 aromatic rings. The monoisotopic (exact) mass is 243 g/mol. The normalized spacial score (nSPS) is 12.1. The molecule has 1 heterocycles. The Morgan fingerprint density at radius 2 is 2.00 bits per heavy atom. The summed E-state index contributed by atoms with van der Waals surface area (Å²) in [5.41, 5.74) is 2.43. The Morgan fingerprint density at radius 1 is 1.22 bits per heavy atom. The smallest absolute Gasteiger partial charge is 0.144 e. The number of aliphatic hydroxyl groups excluding tert-OH is 1. The van der Waals surface area contributed by atoms with Crippen molar-refractivity contribution in [3.63, 3.8) is 0 Å². The van der Waals surface area contributed by atoms with Gasteiger partial charge < -0.3 is 10.4 Å². The van der Waals surface area contributed by atoms with Crippen molar-refractivity contribution >= 4 is 5.82 Å². The standard InChI is InChI=1S/C14H17N3O/c1-11-2-4-12(5-3-11)8-13(10-18)17-14-9-15-6-7-16-14/h2-7,9,13,18H,8,10H2,1H3,(H,16,17). The van der Waals surface area contributed by atoms with Crippen molar-refractivity contribution in [1.29, 1.82) is 0 Å². The lowest BCUT2D eigenvalue weighted by atomic mass is 10.1. The van der Waals surface area contributed by atoms with Crippen LogP contribution in [-0.4, -0.2) is 27.7 Å². The van der Waals surface area contributed by atoms with Gasteiger partial charge in [0.2, 0.25) is 0 Å². The van der Waals surface area contributed by atoms with E-state index in [2.05, 4.69) is 46.5 Å². The fraction of sp³-hybridized carbons (Fsp3) is 0.286. The molecule has 94 valence electrons. The molecule has 0 saturated carbocycles. The molecule has 0 aliphatic carbocycles. The van der Waals surface area contributed by atoms with Crippen LogP contribution in [0.3, 0.4) is 0 Å². The molecule has 0 bridgehead atoms. The highest BCUT2D eigenvalue weighted by Crippen LogP contribution is 2.09. The Kier molecular flexibility index (Phi) is 4.25. The molecular formula is C14H17N3O. The van der Waals surface area contributed by atoms with Crippen LogP contribution >= 0.6 is 0 Å². The van der Waals surface area contributed by atoms with Gasteiger partial charge in [-0.15, -0.1) is 0 Å². The van der Waals surface area contributed by atoms with E-state index in [9.17, 15) is 5.11 Å². The van der Waals surface area contributed by atoms with Crippen LogP contribution in [0.2, 0.25) is 0 Å². The maximum absolute atomic E-state index is 9.39. The summed E-state index contributed by atoms with van der Waals surface area (Å²) in [6.45, 7) is 2.12. The average molecular weight is 243 g/mol. The first-order valence-electron chi connectivity index (χ1n) is 5.97. The SMILES string of the molecule is Cc1ccc(CC(CO)Nc2cnccn2)cc1. The number of rotatable bonds is 5. The topological polar surface area (TPSA) is 58.0 Å². The number of benzene rings is 1. The van der Waals surface area contributed by atoms with Crippen molar-refractivity contribution < 1.29 is 5.11 Å². The number of aromatic nitrogens is 2. The van der Waals surface area contributed by atoms with Crippen molar-refractivity contribution in [2.24, 2.45) is 0 Å². The summed E-state index contributed by atoms with van der Waals surface area (Å²) in [5, 5.41) is 12.6. The van der Waals surface area contributed by atoms with Crippen LogP contribution in [-0.2, 0) is 6.42 Å². The fourth-order valence-electron chi connectivity index (χ4n) is 1.75. The van der Waals surface area contributed by atoms with E-state index in [0.29, 0.717) is 5.82 Å². The van der Waals surface area contributed by atoms with E-state index in [1.54, 1.807) is 18.6 Å². The minimum atomic E-state index is -0.0515. The Labute approximate surface area is 107 Å². The lowest BCUT2D eigenvalue weighted by Crippen LogP contribution is -2.26. The van der Waals surface area contributed by atoms with Crippen molar-refractivity contribution in [3.8, 4) is 0 Å². The van der Waals surface area contributed by atoms with Gasteiger partial charge in [-0.3, -0.25) is 4.98 Å². The molecule has 18 heavy (non-hydrogen) atoms. The molecule has 1 unspecified atom stereocenters. The Balaban J connectivity index is 1.99. The summed E-state index contributed by atoms with van der Waals surface area (Å²) in [4.78, 5) is 8.12. The second kappa shape index (κ2) is 6.12. The molecule has 0 amide bonds. The average Bonchev–Trinajstić information content (AvgIpc) is 2.41. The van der Waals surface area contributed by atoms with Crippen molar-refractivity contribution in [3.05, 3.63) is 54.0 Å². The van der Waals surface area contributed by atoms with Gasteiger partial charge in [0.1, 0.15) is 5.82 Å². The molecule has 1 atom stereocenters. The lowest BCUT2D eigenvalue weighted by molar-refractivity contribution is 0.273. The number of hydrogen-bond acceptors (Lipinski definition) is 4. The predicted molar refractivity (Wildman–Crippen MR) is 71.4 cm³/mol. The summed E-state index contributed by atoms with van der Waals surface area (Å²) < 4.78 is 0. The Morgan fingerprint density at radius 3 is 2.61 bits per heavy atom. The van der Waals surface area contributed by atoms with Gasteiger partial charge in [-0.25, -0.2) is 4.98 Å².